The van der Waals surface area contributed by atoms with Gasteiger partial charge in [0.15, 0.2) is 11.6 Å². The maximum atomic E-state index is 6.29. The molecule has 0 fully saturated rings. The van der Waals surface area contributed by atoms with Crippen molar-refractivity contribution in [3.05, 3.63) is 188 Å². The Morgan fingerprint density at radius 3 is 1.93 bits per heavy atom. The second-order valence-corrected chi connectivity index (χ2v) is 15.9. The molecule has 12 rings (SSSR count). The highest BCUT2D eigenvalue weighted by Gasteiger charge is 2.21. The molecule has 6 nitrogen and oxygen atoms in total. The Kier molecular flexibility index (Phi) is 8.17. The van der Waals surface area contributed by atoms with Crippen LogP contribution in [0.2, 0.25) is 0 Å². The first-order valence-corrected chi connectivity index (χ1v) is 21.1. The number of unbranched alkanes of at least 4 members (excludes halogenated alkanes) is 1. The molecular formula is C55H39N5O. The van der Waals surface area contributed by atoms with E-state index in [0.717, 1.165) is 90.0 Å². The van der Waals surface area contributed by atoms with Crippen LogP contribution in [0.1, 0.15) is 25.3 Å². The molecule has 0 amide bonds. The number of benzene rings is 8. The SMILES string of the molecule is CCCCc1ccc2c3ccc(-c4nc(-c5ccccc5)nc(-n5c6ccccc6c6cc(-c7cccc8oc9ccccc9c78)ccc65)n4)cc3n(-c3ccccc3)c2c1. The normalized spacial score (nSPS) is 11.9. The highest BCUT2D eigenvalue weighted by molar-refractivity contribution is 6.15. The Balaban J connectivity index is 1.07. The number of para-hydroxylation sites is 3. The van der Waals surface area contributed by atoms with E-state index in [1.807, 2.05) is 30.3 Å². The fourth-order valence-electron chi connectivity index (χ4n) is 9.28. The van der Waals surface area contributed by atoms with E-state index in [4.69, 9.17) is 19.4 Å². The van der Waals surface area contributed by atoms with E-state index in [1.165, 1.54) is 28.3 Å². The minimum Gasteiger partial charge on any atom is -0.456 e. The van der Waals surface area contributed by atoms with Crippen LogP contribution >= 0.6 is 0 Å². The second-order valence-electron chi connectivity index (χ2n) is 15.9. The van der Waals surface area contributed by atoms with Crippen LogP contribution in [0.5, 0.6) is 0 Å². The van der Waals surface area contributed by atoms with Crippen LogP contribution in [0.15, 0.2) is 186 Å². The van der Waals surface area contributed by atoms with Gasteiger partial charge in [0.05, 0.1) is 22.1 Å². The molecule has 0 aliphatic heterocycles. The lowest BCUT2D eigenvalue weighted by atomic mass is 9.98. The van der Waals surface area contributed by atoms with Gasteiger partial charge in [-0.2, -0.15) is 9.97 Å². The number of hydrogen-bond donors (Lipinski definition) is 0. The molecular weight excluding hydrogens is 747 g/mol. The number of rotatable bonds is 8. The lowest BCUT2D eigenvalue weighted by Crippen LogP contribution is -2.06. The van der Waals surface area contributed by atoms with E-state index in [0.29, 0.717) is 17.6 Å². The van der Waals surface area contributed by atoms with Crippen LogP contribution in [-0.2, 0) is 6.42 Å². The molecule has 0 saturated carbocycles. The van der Waals surface area contributed by atoms with Crippen molar-refractivity contribution >= 4 is 65.6 Å². The predicted octanol–water partition coefficient (Wildman–Crippen LogP) is 14.3. The lowest BCUT2D eigenvalue weighted by Gasteiger charge is -2.12. The van der Waals surface area contributed by atoms with Crippen molar-refractivity contribution in [2.24, 2.45) is 0 Å². The van der Waals surface area contributed by atoms with Gasteiger partial charge in [0.2, 0.25) is 5.95 Å². The zero-order valence-corrected chi connectivity index (χ0v) is 33.6. The van der Waals surface area contributed by atoms with Gasteiger partial charge in [-0.25, -0.2) is 4.98 Å². The van der Waals surface area contributed by atoms with Gasteiger partial charge in [-0.15, -0.1) is 0 Å². The number of aryl methyl sites for hydroxylation is 1. The molecule has 4 heterocycles. The van der Waals surface area contributed by atoms with Crippen molar-refractivity contribution in [3.8, 4) is 45.5 Å². The predicted molar refractivity (Wildman–Crippen MR) is 251 cm³/mol. The van der Waals surface area contributed by atoms with E-state index in [2.05, 4.69) is 168 Å². The van der Waals surface area contributed by atoms with E-state index >= 15 is 0 Å². The molecule has 61 heavy (non-hydrogen) atoms. The van der Waals surface area contributed by atoms with Crippen molar-refractivity contribution < 1.29 is 4.42 Å². The maximum absolute atomic E-state index is 6.29. The van der Waals surface area contributed by atoms with E-state index < -0.39 is 0 Å². The maximum Gasteiger partial charge on any atom is 0.238 e. The smallest absolute Gasteiger partial charge is 0.238 e. The van der Waals surface area contributed by atoms with Gasteiger partial charge in [0, 0.05) is 49.1 Å². The summed E-state index contributed by atoms with van der Waals surface area (Å²) in [5.41, 5.74) is 12.7. The fourth-order valence-corrected chi connectivity index (χ4v) is 9.28. The molecule has 6 heteroatoms. The van der Waals surface area contributed by atoms with Crippen LogP contribution in [-0.4, -0.2) is 24.1 Å². The van der Waals surface area contributed by atoms with Gasteiger partial charge < -0.3 is 8.98 Å². The molecule has 0 unspecified atom stereocenters. The molecule has 0 saturated heterocycles. The van der Waals surface area contributed by atoms with E-state index in [9.17, 15) is 0 Å². The van der Waals surface area contributed by atoms with E-state index in [-0.39, 0.29) is 0 Å². The van der Waals surface area contributed by atoms with Crippen LogP contribution in [0, 0.1) is 0 Å². The van der Waals surface area contributed by atoms with Gasteiger partial charge in [0.1, 0.15) is 11.2 Å². The Morgan fingerprint density at radius 2 is 1.10 bits per heavy atom. The Hall–Kier alpha value is -7.83. The zero-order chi connectivity index (χ0) is 40.4. The molecule has 0 spiro atoms. The molecule has 0 radical (unpaired) electrons. The van der Waals surface area contributed by atoms with Crippen LogP contribution < -0.4 is 0 Å². The van der Waals surface area contributed by atoms with Gasteiger partial charge in [0.25, 0.3) is 0 Å². The van der Waals surface area contributed by atoms with Gasteiger partial charge >= 0.3 is 0 Å². The topological polar surface area (TPSA) is 61.7 Å². The summed E-state index contributed by atoms with van der Waals surface area (Å²) < 4.78 is 10.9. The van der Waals surface area contributed by atoms with Crippen molar-refractivity contribution in [2.75, 3.05) is 0 Å². The number of nitrogens with zero attached hydrogens (tertiary/aromatic N) is 5. The van der Waals surface area contributed by atoms with Crippen molar-refractivity contribution in [2.45, 2.75) is 26.2 Å². The van der Waals surface area contributed by atoms with Gasteiger partial charge in [-0.1, -0.05) is 141 Å². The molecule has 290 valence electrons. The largest absolute Gasteiger partial charge is 0.456 e. The molecule has 0 aliphatic rings. The average Bonchev–Trinajstić information content (AvgIpc) is 3.98. The van der Waals surface area contributed by atoms with Crippen LogP contribution in [0.25, 0.3) is 111 Å². The molecule has 12 aromatic rings. The monoisotopic (exact) mass is 785 g/mol. The number of aromatic nitrogens is 5. The first kappa shape index (κ1) is 35.1. The van der Waals surface area contributed by atoms with Crippen LogP contribution in [0.4, 0.5) is 0 Å². The molecule has 0 aliphatic carbocycles. The van der Waals surface area contributed by atoms with E-state index in [1.54, 1.807) is 0 Å². The summed E-state index contributed by atoms with van der Waals surface area (Å²) in [7, 11) is 0. The van der Waals surface area contributed by atoms with Gasteiger partial charge in [-0.05, 0) is 84.1 Å². The van der Waals surface area contributed by atoms with Crippen molar-refractivity contribution in [1.82, 2.24) is 24.1 Å². The number of fused-ring (bicyclic) bond motifs is 9. The minimum atomic E-state index is 0.565. The summed E-state index contributed by atoms with van der Waals surface area (Å²) in [5, 5.41) is 6.90. The lowest BCUT2D eigenvalue weighted by molar-refractivity contribution is 0.669. The number of furan rings is 1. The second kappa shape index (κ2) is 14.2. The molecule has 0 N–H and O–H groups in total. The van der Waals surface area contributed by atoms with Crippen LogP contribution in [0.3, 0.4) is 0 Å². The minimum absolute atomic E-state index is 0.565. The molecule has 8 aromatic carbocycles. The van der Waals surface area contributed by atoms with Crippen molar-refractivity contribution in [3.63, 3.8) is 0 Å². The van der Waals surface area contributed by atoms with Gasteiger partial charge in [-0.3, -0.25) is 4.57 Å². The Bertz CT molecular complexity index is 3630. The summed E-state index contributed by atoms with van der Waals surface area (Å²) in [6.45, 7) is 2.25. The summed E-state index contributed by atoms with van der Waals surface area (Å²) in [6.07, 6.45) is 3.39. The molecule has 4 aromatic heterocycles. The molecule has 0 atom stereocenters. The fraction of sp³-hybridized carbons (Fsp3) is 0.0727. The summed E-state index contributed by atoms with van der Waals surface area (Å²) in [6, 6.07) is 64.3. The summed E-state index contributed by atoms with van der Waals surface area (Å²) in [4.78, 5) is 15.8. The highest BCUT2D eigenvalue weighted by Crippen LogP contribution is 2.41. The standard InChI is InChI=1S/C55H39N5O/c1-2-3-15-35-26-29-42-43-30-27-38(34-49(43)59(48(42)32-35)39-18-8-5-9-19-39)54-56-53(36-16-6-4-7-17-36)57-55(58-54)60-46-23-12-10-20-41(46)45-33-37(28-31-47(45)60)40-22-14-25-51-52(40)44-21-11-13-24-50(44)61-51/h4-14,16-34H,2-3,15H2,1H3. The highest BCUT2D eigenvalue weighted by atomic mass is 16.3. The first-order valence-electron chi connectivity index (χ1n) is 21.1. The number of hydrogen-bond acceptors (Lipinski definition) is 4. The zero-order valence-electron chi connectivity index (χ0n) is 33.6. The summed E-state index contributed by atoms with van der Waals surface area (Å²) in [5.74, 6) is 1.79. The quantitative estimate of drug-likeness (QED) is 0.154. The Labute approximate surface area is 352 Å². The first-order chi connectivity index (χ1) is 30.2. The third kappa shape index (κ3) is 5.75. The van der Waals surface area contributed by atoms with Crippen molar-refractivity contribution in [1.29, 1.82) is 0 Å². The third-order valence-electron chi connectivity index (χ3n) is 12.2. The molecule has 0 bridgehead atoms. The summed E-state index contributed by atoms with van der Waals surface area (Å²) >= 11 is 0. The Morgan fingerprint density at radius 1 is 0.443 bits per heavy atom. The third-order valence-corrected chi connectivity index (χ3v) is 12.2. The average molecular weight is 786 g/mol.